The topological polar surface area (TPSA) is 56.7 Å². The van der Waals surface area contributed by atoms with E-state index in [1.165, 1.54) is 6.07 Å². The van der Waals surface area contributed by atoms with Crippen molar-refractivity contribution in [3.8, 4) is 11.4 Å². The molecule has 1 heterocycles. The van der Waals surface area contributed by atoms with E-state index >= 15 is 0 Å². The van der Waals surface area contributed by atoms with Crippen LogP contribution in [0.5, 0.6) is 0 Å². The fraction of sp³-hybridized carbons (Fsp3) is 0.273. The predicted octanol–water partition coefficient (Wildman–Crippen LogP) is 2.00. The Labute approximate surface area is 91.9 Å². The van der Waals surface area contributed by atoms with Crippen LogP contribution in [0.15, 0.2) is 24.5 Å². The summed E-state index contributed by atoms with van der Waals surface area (Å²) in [5.74, 6) is 0.238. The maximum absolute atomic E-state index is 13.3. The molecule has 0 amide bonds. The van der Waals surface area contributed by atoms with Gasteiger partial charge >= 0.3 is 0 Å². The van der Waals surface area contributed by atoms with E-state index in [0.29, 0.717) is 17.4 Å². The summed E-state index contributed by atoms with van der Waals surface area (Å²) in [7, 11) is 0. The minimum Gasteiger partial charge on any atom is -0.396 e. The van der Waals surface area contributed by atoms with Crippen molar-refractivity contribution in [1.29, 1.82) is 0 Å². The minimum atomic E-state index is -0.414. The molecule has 0 bridgehead atoms. The summed E-state index contributed by atoms with van der Waals surface area (Å²) >= 11 is 0. The number of anilines is 1. The molecule has 1 aliphatic carbocycles. The number of aromatic nitrogens is 3. The summed E-state index contributed by atoms with van der Waals surface area (Å²) in [6.45, 7) is 0. The number of hydrogen-bond acceptors (Lipinski definition) is 3. The van der Waals surface area contributed by atoms with Crippen LogP contribution in [0.25, 0.3) is 11.4 Å². The zero-order valence-electron chi connectivity index (χ0n) is 8.60. The van der Waals surface area contributed by atoms with E-state index in [-0.39, 0.29) is 5.69 Å². The Morgan fingerprint density at radius 2 is 2.19 bits per heavy atom. The molecule has 3 rings (SSSR count). The molecule has 4 nitrogen and oxygen atoms in total. The number of nitrogen functional groups attached to an aromatic ring is 1. The average Bonchev–Trinajstić information content (AvgIpc) is 3.01. The average molecular weight is 218 g/mol. The number of para-hydroxylation sites is 1. The molecule has 2 N–H and O–H groups in total. The second kappa shape index (κ2) is 3.30. The third-order valence-electron chi connectivity index (χ3n) is 2.81. The van der Waals surface area contributed by atoms with Crippen molar-refractivity contribution >= 4 is 5.69 Å². The largest absolute Gasteiger partial charge is 0.396 e. The molecule has 82 valence electrons. The molecule has 2 aromatic rings. The van der Waals surface area contributed by atoms with E-state index < -0.39 is 5.82 Å². The first-order valence-corrected chi connectivity index (χ1v) is 5.21. The molecule has 1 aliphatic rings. The zero-order chi connectivity index (χ0) is 11.1. The number of rotatable bonds is 2. The number of hydrogen-bond donors (Lipinski definition) is 1. The van der Waals surface area contributed by atoms with Gasteiger partial charge in [-0.05, 0) is 25.0 Å². The van der Waals surface area contributed by atoms with Crippen LogP contribution >= 0.6 is 0 Å². The van der Waals surface area contributed by atoms with Crippen LogP contribution in [0.1, 0.15) is 18.9 Å². The number of nitrogens with zero attached hydrogens (tertiary/aromatic N) is 3. The molecule has 1 saturated carbocycles. The first-order chi connectivity index (χ1) is 7.77. The van der Waals surface area contributed by atoms with Crippen molar-refractivity contribution in [3.63, 3.8) is 0 Å². The number of nitrogens with two attached hydrogens (primary N) is 1. The highest BCUT2D eigenvalue weighted by Crippen LogP contribution is 2.38. The standard InChI is InChI=1S/C11H11FN4/c12-9-3-1-2-8(10(9)13)11-15-14-6-16(11)7-4-5-7/h1-3,6-7H,4-5,13H2. The second-order valence-corrected chi connectivity index (χ2v) is 3.99. The maximum Gasteiger partial charge on any atom is 0.166 e. The molecular formula is C11H11FN4. The molecule has 1 aromatic carbocycles. The lowest BCUT2D eigenvalue weighted by atomic mass is 10.1. The van der Waals surface area contributed by atoms with Crippen molar-refractivity contribution in [2.24, 2.45) is 0 Å². The highest BCUT2D eigenvalue weighted by atomic mass is 19.1. The lowest BCUT2D eigenvalue weighted by Crippen LogP contribution is -2.00. The molecule has 1 fully saturated rings. The monoisotopic (exact) mass is 218 g/mol. The van der Waals surface area contributed by atoms with Crippen LogP contribution in [0.3, 0.4) is 0 Å². The van der Waals surface area contributed by atoms with Gasteiger partial charge in [-0.3, -0.25) is 0 Å². The number of halogens is 1. The summed E-state index contributed by atoms with van der Waals surface area (Å²) in [5.41, 5.74) is 6.46. The van der Waals surface area contributed by atoms with Gasteiger partial charge in [0.05, 0.1) is 5.69 Å². The molecular weight excluding hydrogens is 207 g/mol. The van der Waals surface area contributed by atoms with Gasteiger partial charge in [-0.2, -0.15) is 0 Å². The summed E-state index contributed by atoms with van der Waals surface area (Å²) in [5, 5.41) is 7.88. The lowest BCUT2D eigenvalue weighted by molar-refractivity contribution is 0.632. The Morgan fingerprint density at radius 3 is 2.94 bits per heavy atom. The Kier molecular flexibility index (Phi) is 1.92. The quantitative estimate of drug-likeness (QED) is 0.784. The fourth-order valence-corrected chi connectivity index (χ4v) is 1.79. The van der Waals surface area contributed by atoms with Crippen LogP contribution in [-0.2, 0) is 0 Å². The molecule has 0 aliphatic heterocycles. The third kappa shape index (κ3) is 1.36. The first kappa shape index (κ1) is 9.33. The Bertz CT molecular complexity index is 531. The molecule has 16 heavy (non-hydrogen) atoms. The number of benzene rings is 1. The molecule has 0 atom stereocenters. The van der Waals surface area contributed by atoms with Crippen molar-refractivity contribution in [2.45, 2.75) is 18.9 Å². The zero-order valence-corrected chi connectivity index (χ0v) is 8.60. The molecule has 0 unspecified atom stereocenters. The molecule has 0 saturated heterocycles. The van der Waals surface area contributed by atoms with E-state index in [9.17, 15) is 4.39 Å². The van der Waals surface area contributed by atoms with Crippen LogP contribution in [0.4, 0.5) is 10.1 Å². The van der Waals surface area contributed by atoms with Crippen LogP contribution < -0.4 is 5.73 Å². The lowest BCUT2D eigenvalue weighted by Gasteiger charge is -2.07. The van der Waals surface area contributed by atoms with E-state index in [4.69, 9.17) is 5.73 Å². The van der Waals surface area contributed by atoms with Crippen LogP contribution in [0, 0.1) is 5.82 Å². The van der Waals surface area contributed by atoms with Gasteiger partial charge in [-0.1, -0.05) is 6.07 Å². The third-order valence-corrected chi connectivity index (χ3v) is 2.81. The van der Waals surface area contributed by atoms with Gasteiger partial charge in [-0.15, -0.1) is 10.2 Å². The minimum absolute atomic E-state index is 0.136. The summed E-state index contributed by atoms with van der Waals surface area (Å²) in [4.78, 5) is 0. The van der Waals surface area contributed by atoms with Gasteiger partial charge in [-0.25, -0.2) is 4.39 Å². The Morgan fingerprint density at radius 1 is 1.38 bits per heavy atom. The molecule has 0 radical (unpaired) electrons. The van der Waals surface area contributed by atoms with Gasteiger partial charge in [0.2, 0.25) is 0 Å². The molecule has 0 spiro atoms. The predicted molar refractivity (Wildman–Crippen MR) is 58.1 cm³/mol. The van der Waals surface area contributed by atoms with Gasteiger partial charge in [0.15, 0.2) is 5.82 Å². The summed E-state index contributed by atoms with van der Waals surface area (Å²) < 4.78 is 15.3. The van der Waals surface area contributed by atoms with Crippen LogP contribution in [-0.4, -0.2) is 14.8 Å². The van der Waals surface area contributed by atoms with E-state index in [2.05, 4.69) is 10.2 Å². The van der Waals surface area contributed by atoms with Crippen molar-refractivity contribution < 1.29 is 4.39 Å². The Hall–Kier alpha value is -1.91. The van der Waals surface area contributed by atoms with Crippen molar-refractivity contribution in [3.05, 3.63) is 30.3 Å². The normalized spacial score (nSPS) is 15.3. The van der Waals surface area contributed by atoms with Crippen LogP contribution in [0.2, 0.25) is 0 Å². The van der Waals surface area contributed by atoms with Crippen molar-refractivity contribution in [2.75, 3.05) is 5.73 Å². The highest BCUT2D eigenvalue weighted by Gasteiger charge is 2.27. The maximum atomic E-state index is 13.3. The van der Waals surface area contributed by atoms with E-state index in [1.54, 1.807) is 18.5 Å². The Balaban J connectivity index is 2.14. The van der Waals surface area contributed by atoms with Gasteiger partial charge < -0.3 is 10.3 Å². The fourth-order valence-electron chi connectivity index (χ4n) is 1.79. The van der Waals surface area contributed by atoms with E-state index in [0.717, 1.165) is 12.8 Å². The van der Waals surface area contributed by atoms with Gasteiger partial charge in [0.1, 0.15) is 12.1 Å². The van der Waals surface area contributed by atoms with Crippen molar-refractivity contribution in [1.82, 2.24) is 14.8 Å². The van der Waals surface area contributed by atoms with E-state index in [1.807, 2.05) is 4.57 Å². The first-order valence-electron chi connectivity index (χ1n) is 5.21. The smallest absolute Gasteiger partial charge is 0.166 e. The second-order valence-electron chi connectivity index (χ2n) is 3.99. The highest BCUT2D eigenvalue weighted by molar-refractivity contribution is 5.72. The SMILES string of the molecule is Nc1c(F)cccc1-c1nncn1C1CC1. The summed E-state index contributed by atoms with van der Waals surface area (Å²) in [6, 6.07) is 5.19. The molecule has 5 heteroatoms. The van der Waals surface area contributed by atoms with Gasteiger partial charge in [0, 0.05) is 11.6 Å². The summed E-state index contributed by atoms with van der Waals surface area (Å²) in [6.07, 6.45) is 3.93. The molecule has 1 aromatic heterocycles. The van der Waals surface area contributed by atoms with Gasteiger partial charge in [0.25, 0.3) is 0 Å².